The smallest absolute Gasteiger partial charge is 0.325 e. The summed E-state index contributed by atoms with van der Waals surface area (Å²) in [5.41, 5.74) is 1.90. The lowest BCUT2D eigenvalue weighted by atomic mass is 10.0. The van der Waals surface area contributed by atoms with Gasteiger partial charge in [-0.25, -0.2) is 4.98 Å². The number of ether oxygens (including phenoxy) is 1. The van der Waals surface area contributed by atoms with Gasteiger partial charge in [-0.05, 0) is 41.2 Å². The second-order valence-corrected chi connectivity index (χ2v) is 10.5. The van der Waals surface area contributed by atoms with Gasteiger partial charge in [0.1, 0.15) is 6.54 Å². The van der Waals surface area contributed by atoms with E-state index < -0.39 is 5.97 Å². The van der Waals surface area contributed by atoms with Gasteiger partial charge in [0.25, 0.3) is 0 Å². The van der Waals surface area contributed by atoms with Gasteiger partial charge >= 0.3 is 5.97 Å². The summed E-state index contributed by atoms with van der Waals surface area (Å²) in [4.78, 5) is 48.1. The third kappa shape index (κ3) is 9.40. The van der Waals surface area contributed by atoms with E-state index in [4.69, 9.17) is 0 Å². The van der Waals surface area contributed by atoms with Crippen molar-refractivity contribution < 1.29 is 19.1 Å². The Bertz CT molecular complexity index is 1200. The molecule has 0 saturated carbocycles. The monoisotopic (exact) mass is 553 g/mol. The molecule has 2 amide bonds. The van der Waals surface area contributed by atoms with E-state index in [-0.39, 0.29) is 37.4 Å². The van der Waals surface area contributed by atoms with Gasteiger partial charge in [-0.15, -0.1) is 0 Å². The maximum Gasteiger partial charge on any atom is 0.325 e. The summed E-state index contributed by atoms with van der Waals surface area (Å²) in [6, 6.07) is 14.3. The van der Waals surface area contributed by atoms with Crippen molar-refractivity contribution in [2.24, 2.45) is 0 Å². The maximum absolute atomic E-state index is 13.0. The molecule has 2 aromatic carbocycles. The number of nitrogens with zero attached hydrogens (tertiary/aromatic N) is 3. The summed E-state index contributed by atoms with van der Waals surface area (Å²) < 4.78 is 4.62. The Morgan fingerprint density at radius 2 is 1.97 bits per heavy atom. The predicted molar refractivity (Wildman–Crippen MR) is 155 cm³/mol. The van der Waals surface area contributed by atoms with Crippen molar-refractivity contribution in [1.82, 2.24) is 25.1 Å². The average molecular weight is 554 g/mol. The number of likely N-dealkylation sites (tertiary alicyclic amines) is 1. The highest BCUT2D eigenvalue weighted by atomic mass is 32.2. The van der Waals surface area contributed by atoms with Gasteiger partial charge < -0.3 is 19.9 Å². The number of nitrogens with one attached hydrogen (secondary N) is 2. The quantitative estimate of drug-likeness (QED) is 0.351. The molecule has 1 atom stereocenters. The van der Waals surface area contributed by atoms with Crippen LogP contribution < -0.4 is 5.32 Å². The molecule has 1 unspecified atom stereocenters. The molecule has 210 valence electrons. The lowest BCUT2D eigenvalue weighted by Gasteiger charge is -2.31. The Morgan fingerprint density at radius 3 is 2.69 bits per heavy atom. The number of fused-ring (bicyclic) bond motifs is 1. The van der Waals surface area contributed by atoms with E-state index in [2.05, 4.69) is 62.4 Å². The topological polar surface area (TPSA) is 108 Å². The van der Waals surface area contributed by atoms with Gasteiger partial charge in [0.05, 0.1) is 26.4 Å². The molecular formula is C29H39N5O4S. The minimum absolute atomic E-state index is 0.00815. The van der Waals surface area contributed by atoms with Gasteiger partial charge in [-0.1, -0.05) is 49.4 Å². The number of hydrogen-bond donors (Lipinski definition) is 2. The third-order valence-electron chi connectivity index (χ3n) is 6.65. The van der Waals surface area contributed by atoms with Gasteiger partial charge in [-0.3, -0.25) is 19.3 Å². The van der Waals surface area contributed by atoms with Gasteiger partial charge in [0.15, 0.2) is 0 Å². The maximum atomic E-state index is 13.0. The van der Waals surface area contributed by atoms with Crippen LogP contribution in [0, 0.1) is 0 Å². The number of rotatable bonds is 11. The molecule has 0 spiro atoms. The van der Waals surface area contributed by atoms with Crippen molar-refractivity contribution >= 4 is 40.3 Å². The molecular weight excluding hydrogens is 514 g/mol. The first-order chi connectivity index (χ1) is 18.9. The molecule has 0 aliphatic carbocycles. The molecule has 1 saturated heterocycles. The number of methoxy groups -OCH3 is 1. The largest absolute Gasteiger partial charge is 0.468 e. The molecule has 2 N–H and O–H groups in total. The number of amides is 2. The normalized spacial score (nSPS) is 14.7. The minimum Gasteiger partial charge on any atom is -0.468 e. The number of esters is 1. The number of benzene rings is 2. The molecule has 0 bridgehead atoms. The fourth-order valence-corrected chi connectivity index (χ4v) is 4.66. The fourth-order valence-electron chi connectivity index (χ4n) is 4.66. The van der Waals surface area contributed by atoms with Crippen molar-refractivity contribution in [1.29, 1.82) is 0 Å². The third-order valence-corrected chi connectivity index (χ3v) is 7.23. The number of aromatic amines is 1. The van der Waals surface area contributed by atoms with Crippen molar-refractivity contribution in [3.63, 3.8) is 0 Å². The van der Waals surface area contributed by atoms with E-state index in [0.29, 0.717) is 19.6 Å². The summed E-state index contributed by atoms with van der Waals surface area (Å²) in [6.45, 7) is 3.89. The molecule has 1 fully saturated rings. The first kappa shape index (κ1) is 30.2. The van der Waals surface area contributed by atoms with Gasteiger partial charge in [0, 0.05) is 37.6 Å². The number of imidazole rings is 1. The van der Waals surface area contributed by atoms with Crippen LogP contribution in [0.15, 0.2) is 55.0 Å². The predicted octanol–water partition coefficient (Wildman–Crippen LogP) is 3.26. The minimum atomic E-state index is -0.495. The highest BCUT2D eigenvalue weighted by Gasteiger charge is 2.31. The van der Waals surface area contributed by atoms with Crippen LogP contribution in [0.2, 0.25) is 0 Å². The number of aromatic nitrogens is 2. The molecule has 2 heterocycles. The van der Waals surface area contributed by atoms with Crippen molar-refractivity contribution in [2.75, 3.05) is 45.3 Å². The van der Waals surface area contributed by atoms with E-state index in [9.17, 15) is 14.4 Å². The molecule has 0 radical (unpaired) electrons. The van der Waals surface area contributed by atoms with Crippen LogP contribution in [-0.4, -0.2) is 88.9 Å². The molecule has 1 aliphatic heterocycles. The van der Waals surface area contributed by atoms with E-state index in [1.54, 1.807) is 12.5 Å². The number of H-pyrrole nitrogens is 1. The van der Waals surface area contributed by atoms with Crippen molar-refractivity contribution in [3.8, 4) is 0 Å². The van der Waals surface area contributed by atoms with Crippen LogP contribution >= 0.6 is 11.8 Å². The summed E-state index contributed by atoms with van der Waals surface area (Å²) in [5.74, 6) is 0.534. The van der Waals surface area contributed by atoms with Crippen LogP contribution in [0.5, 0.6) is 0 Å². The van der Waals surface area contributed by atoms with Crippen LogP contribution in [0.3, 0.4) is 0 Å². The zero-order chi connectivity index (χ0) is 28.0. The van der Waals surface area contributed by atoms with Crippen LogP contribution in [0.25, 0.3) is 10.8 Å². The Balaban J connectivity index is 0.000000983. The molecule has 3 aromatic rings. The Morgan fingerprint density at radius 1 is 1.21 bits per heavy atom. The molecule has 39 heavy (non-hydrogen) atoms. The average Bonchev–Trinajstić information content (AvgIpc) is 3.64. The van der Waals surface area contributed by atoms with Crippen LogP contribution in [0.4, 0.5) is 0 Å². The number of carbonyl (C=O) groups excluding carboxylic acids is 3. The van der Waals surface area contributed by atoms with Crippen molar-refractivity contribution in [2.45, 2.75) is 38.8 Å². The lowest BCUT2D eigenvalue weighted by Crippen LogP contribution is -2.46. The van der Waals surface area contributed by atoms with Crippen molar-refractivity contribution in [3.05, 3.63) is 66.2 Å². The van der Waals surface area contributed by atoms with E-state index >= 15 is 0 Å². The SMILES string of the molecule is CCSC.COC(=O)CNC(=O)CN(Cc1cccc2ccccc12)CC1CCCN1C(=O)Cc1cnc[nH]1. The summed E-state index contributed by atoms with van der Waals surface area (Å²) in [7, 11) is 1.29. The molecule has 9 nitrogen and oxygen atoms in total. The second kappa shape index (κ2) is 15.9. The molecule has 4 rings (SSSR count). The zero-order valence-corrected chi connectivity index (χ0v) is 23.8. The van der Waals surface area contributed by atoms with E-state index in [1.165, 1.54) is 12.9 Å². The second-order valence-electron chi connectivity index (χ2n) is 9.37. The highest BCUT2D eigenvalue weighted by Crippen LogP contribution is 2.23. The Hall–Kier alpha value is -3.37. The van der Waals surface area contributed by atoms with E-state index in [1.807, 2.05) is 34.9 Å². The first-order valence-electron chi connectivity index (χ1n) is 13.2. The Kier molecular flexibility index (Phi) is 12.3. The van der Waals surface area contributed by atoms with E-state index in [0.717, 1.165) is 34.9 Å². The number of hydrogen-bond acceptors (Lipinski definition) is 7. The van der Waals surface area contributed by atoms with Gasteiger partial charge in [0.2, 0.25) is 11.8 Å². The standard InChI is InChI=1S/C26H31N5O4.C3H8S/c1-35-26(34)14-28-24(32)17-30(15-20-8-4-7-19-6-2-3-10-23(19)20)16-22-9-5-11-31(22)25(33)12-21-13-27-18-29-21;1-3-4-2/h2-4,6-8,10,13,18,22H,5,9,11-12,14-17H2,1H3,(H,27,29)(H,28,32);3H2,1-2H3. The van der Waals surface area contributed by atoms with Gasteiger partial charge in [-0.2, -0.15) is 11.8 Å². The summed E-state index contributed by atoms with van der Waals surface area (Å²) in [5, 5.41) is 4.90. The number of thioether (sulfide) groups is 1. The molecule has 1 aliphatic rings. The lowest BCUT2D eigenvalue weighted by molar-refractivity contribution is -0.141. The Labute approximate surface area is 234 Å². The highest BCUT2D eigenvalue weighted by molar-refractivity contribution is 7.98. The van der Waals surface area contributed by atoms with Crippen LogP contribution in [0.1, 0.15) is 31.0 Å². The zero-order valence-electron chi connectivity index (χ0n) is 23.0. The summed E-state index contributed by atoms with van der Waals surface area (Å²) >= 11 is 1.86. The molecule has 1 aromatic heterocycles. The fraction of sp³-hybridized carbons (Fsp3) is 0.448. The molecule has 10 heteroatoms. The van der Waals surface area contributed by atoms with Crippen LogP contribution in [-0.2, 0) is 32.1 Å². The summed E-state index contributed by atoms with van der Waals surface area (Å²) in [6.07, 6.45) is 7.42. The first-order valence-corrected chi connectivity index (χ1v) is 14.6. The number of carbonyl (C=O) groups is 3.